The first kappa shape index (κ1) is 11.8. The number of thioether (sulfide) groups is 1. The lowest BCUT2D eigenvalue weighted by molar-refractivity contribution is -0.137. The van der Waals surface area contributed by atoms with E-state index in [1.807, 2.05) is 11.8 Å². The van der Waals surface area contributed by atoms with Gasteiger partial charge >= 0.3 is 5.97 Å². The molecular formula is C8H17NO2S. The minimum Gasteiger partial charge on any atom is -0.481 e. The van der Waals surface area contributed by atoms with E-state index in [4.69, 9.17) is 5.11 Å². The van der Waals surface area contributed by atoms with Crippen LogP contribution in [0, 0.1) is 0 Å². The molecule has 2 N–H and O–H groups in total. The SMILES string of the molecule is CSCCCNCCCC(=O)O. The van der Waals surface area contributed by atoms with Crippen molar-refractivity contribution in [2.24, 2.45) is 0 Å². The third-order valence-corrected chi connectivity index (χ3v) is 2.14. The Morgan fingerprint density at radius 1 is 1.42 bits per heavy atom. The topological polar surface area (TPSA) is 49.3 Å². The summed E-state index contributed by atoms with van der Waals surface area (Å²) in [6.07, 6.45) is 4.25. The van der Waals surface area contributed by atoms with E-state index < -0.39 is 5.97 Å². The number of carboxylic acid groups (broad SMARTS) is 1. The summed E-state index contributed by atoms with van der Waals surface area (Å²) in [5, 5.41) is 11.5. The summed E-state index contributed by atoms with van der Waals surface area (Å²) < 4.78 is 0. The van der Waals surface area contributed by atoms with Crippen LogP contribution in [0.4, 0.5) is 0 Å². The van der Waals surface area contributed by atoms with Crippen LogP contribution < -0.4 is 5.32 Å². The van der Waals surface area contributed by atoms with Crippen molar-refractivity contribution in [1.29, 1.82) is 0 Å². The van der Waals surface area contributed by atoms with Crippen LogP contribution in [0.1, 0.15) is 19.3 Å². The van der Waals surface area contributed by atoms with Crippen LogP contribution in [0.5, 0.6) is 0 Å². The highest BCUT2D eigenvalue weighted by atomic mass is 32.2. The first-order valence-corrected chi connectivity index (χ1v) is 5.58. The molecule has 0 saturated carbocycles. The molecule has 0 aliphatic heterocycles. The Balaban J connectivity index is 2.86. The second-order valence-corrected chi connectivity index (χ2v) is 3.58. The molecule has 0 spiro atoms. The second kappa shape index (κ2) is 8.87. The maximum atomic E-state index is 10.1. The van der Waals surface area contributed by atoms with Gasteiger partial charge in [-0.3, -0.25) is 4.79 Å². The molecule has 0 amide bonds. The zero-order valence-electron chi connectivity index (χ0n) is 7.51. The first-order chi connectivity index (χ1) is 5.77. The van der Waals surface area contributed by atoms with Gasteiger partial charge in [0, 0.05) is 6.42 Å². The first-order valence-electron chi connectivity index (χ1n) is 4.19. The van der Waals surface area contributed by atoms with Gasteiger partial charge < -0.3 is 10.4 Å². The Morgan fingerprint density at radius 2 is 2.08 bits per heavy atom. The van der Waals surface area contributed by atoms with Gasteiger partial charge in [0.25, 0.3) is 0 Å². The van der Waals surface area contributed by atoms with Crippen molar-refractivity contribution >= 4 is 17.7 Å². The van der Waals surface area contributed by atoms with E-state index >= 15 is 0 Å². The van der Waals surface area contributed by atoms with Gasteiger partial charge in [-0.05, 0) is 37.9 Å². The molecule has 0 aliphatic rings. The molecular weight excluding hydrogens is 174 g/mol. The van der Waals surface area contributed by atoms with Crippen LogP contribution >= 0.6 is 11.8 Å². The van der Waals surface area contributed by atoms with Crippen LogP contribution in [0.3, 0.4) is 0 Å². The molecule has 0 saturated heterocycles. The highest BCUT2D eigenvalue weighted by Gasteiger charge is 1.94. The van der Waals surface area contributed by atoms with E-state index in [-0.39, 0.29) is 6.42 Å². The Labute approximate surface area is 77.9 Å². The molecule has 0 fully saturated rings. The fourth-order valence-corrected chi connectivity index (χ4v) is 1.26. The third kappa shape index (κ3) is 9.78. The molecule has 12 heavy (non-hydrogen) atoms. The van der Waals surface area contributed by atoms with Crippen LogP contribution in [0.25, 0.3) is 0 Å². The van der Waals surface area contributed by atoms with Gasteiger partial charge in [-0.25, -0.2) is 0 Å². The molecule has 0 heterocycles. The number of hydrogen-bond donors (Lipinski definition) is 2. The maximum Gasteiger partial charge on any atom is 0.303 e. The number of carbonyl (C=O) groups is 1. The fraction of sp³-hybridized carbons (Fsp3) is 0.875. The van der Waals surface area contributed by atoms with E-state index in [1.165, 1.54) is 5.75 Å². The molecule has 0 atom stereocenters. The van der Waals surface area contributed by atoms with Gasteiger partial charge in [0.05, 0.1) is 0 Å². The minimum atomic E-state index is -0.707. The largest absolute Gasteiger partial charge is 0.481 e. The zero-order chi connectivity index (χ0) is 9.23. The minimum absolute atomic E-state index is 0.273. The maximum absolute atomic E-state index is 10.1. The van der Waals surface area contributed by atoms with Gasteiger partial charge in [-0.1, -0.05) is 0 Å². The molecule has 4 heteroatoms. The molecule has 0 radical (unpaired) electrons. The van der Waals surface area contributed by atoms with Gasteiger partial charge in [0.1, 0.15) is 0 Å². The van der Waals surface area contributed by atoms with E-state index in [1.54, 1.807) is 0 Å². The van der Waals surface area contributed by atoms with Gasteiger partial charge in [0.2, 0.25) is 0 Å². The van der Waals surface area contributed by atoms with E-state index in [0.29, 0.717) is 0 Å². The zero-order valence-corrected chi connectivity index (χ0v) is 8.32. The standard InChI is InChI=1S/C8H17NO2S/c1-12-7-3-6-9-5-2-4-8(10)11/h9H,2-7H2,1H3,(H,10,11). The van der Waals surface area contributed by atoms with Crippen LogP contribution in [-0.2, 0) is 4.79 Å². The lowest BCUT2D eigenvalue weighted by Crippen LogP contribution is -2.17. The number of aliphatic carboxylic acids is 1. The molecule has 0 unspecified atom stereocenters. The molecule has 0 aromatic carbocycles. The molecule has 0 aromatic heterocycles. The van der Waals surface area contributed by atoms with Crippen LogP contribution in [0.15, 0.2) is 0 Å². The Morgan fingerprint density at radius 3 is 2.67 bits per heavy atom. The Kier molecular flexibility index (Phi) is 8.71. The summed E-state index contributed by atoms with van der Waals surface area (Å²) in [4.78, 5) is 10.1. The predicted molar refractivity (Wildman–Crippen MR) is 52.7 cm³/mol. The number of hydrogen-bond acceptors (Lipinski definition) is 3. The highest BCUT2D eigenvalue weighted by Crippen LogP contribution is 1.93. The lowest BCUT2D eigenvalue weighted by Gasteiger charge is -2.01. The predicted octanol–water partition coefficient (Wildman–Crippen LogP) is 1.19. The summed E-state index contributed by atoms with van der Waals surface area (Å²) >= 11 is 1.84. The van der Waals surface area contributed by atoms with E-state index in [9.17, 15) is 4.79 Å². The third-order valence-electron chi connectivity index (χ3n) is 1.45. The Bertz CT molecular complexity index is 120. The lowest BCUT2D eigenvalue weighted by atomic mass is 10.3. The normalized spacial score (nSPS) is 10.1. The van der Waals surface area contributed by atoms with Crippen LogP contribution in [-0.4, -0.2) is 36.2 Å². The molecule has 0 bridgehead atoms. The molecule has 3 nitrogen and oxygen atoms in total. The van der Waals surface area contributed by atoms with Crippen molar-refractivity contribution in [3.05, 3.63) is 0 Å². The number of rotatable bonds is 8. The van der Waals surface area contributed by atoms with Crippen molar-refractivity contribution < 1.29 is 9.90 Å². The molecule has 0 aliphatic carbocycles. The summed E-state index contributed by atoms with van der Waals surface area (Å²) in [7, 11) is 0. The van der Waals surface area contributed by atoms with Crippen molar-refractivity contribution in [1.82, 2.24) is 5.32 Å². The highest BCUT2D eigenvalue weighted by molar-refractivity contribution is 7.98. The molecule has 72 valence electrons. The van der Waals surface area contributed by atoms with Crippen LogP contribution in [0.2, 0.25) is 0 Å². The van der Waals surface area contributed by atoms with Crippen molar-refractivity contribution in [2.45, 2.75) is 19.3 Å². The van der Waals surface area contributed by atoms with Gasteiger partial charge in [0.15, 0.2) is 0 Å². The second-order valence-electron chi connectivity index (χ2n) is 2.59. The summed E-state index contributed by atoms with van der Waals surface area (Å²) in [5.74, 6) is 0.465. The van der Waals surface area contributed by atoms with Crippen molar-refractivity contribution in [2.75, 3.05) is 25.1 Å². The summed E-state index contributed by atoms with van der Waals surface area (Å²) in [5.41, 5.74) is 0. The smallest absolute Gasteiger partial charge is 0.303 e. The van der Waals surface area contributed by atoms with Gasteiger partial charge in [-0.15, -0.1) is 0 Å². The number of nitrogens with one attached hydrogen (secondary N) is 1. The van der Waals surface area contributed by atoms with Crippen molar-refractivity contribution in [3.63, 3.8) is 0 Å². The fourth-order valence-electron chi connectivity index (χ4n) is 0.831. The molecule has 0 rings (SSSR count). The summed E-state index contributed by atoms with van der Waals surface area (Å²) in [6, 6.07) is 0. The monoisotopic (exact) mass is 191 g/mol. The molecule has 0 aromatic rings. The van der Waals surface area contributed by atoms with E-state index in [0.717, 1.165) is 25.9 Å². The Hall–Kier alpha value is -0.220. The summed E-state index contributed by atoms with van der Waals surface area (Å²) in [6.45, 7) is 1.82. The quantitative estimate of drug-likeness (QED) is 0.566. The average molecular weight is 191 g/mol. The average Bonchev–Trinajstić information content (AvgIpc) is 2.02. The number of carboxylic acids is 1. The van der Waals surface area contributed by atoms with E-state index in [2.05, 4.69) is 11.6 Å². The van der Waals surface area contributed by atoms with Gasteiger partial charge in [-0.2, -0.15) is 11.8 Å². The van der Waals surface area contributed by atoms with Crippen molar-refractivity contribution in [3.8, 4) is 0 Å².